The van der Waals surface area contributed by atoms with Crippen molar-refractivity contribution in [2.75, 3.05) is 31.5 Å². The van der Waals surface area contributed by atoms with Gasteiger partial charge in [-0.05, 0) is 50.6 Å². The fraction of sp³-hybridized carbons (Fsp3) is 0.476. The zero-order valence-electron chi connectivity index (χ0n) is 16.5. The van der Waals surface area contributed by atoms with Gasteiger partial charge in [0.25, 0.3) is 5.69 Å². The zero-order chi connectivity index (χ0) is 20.5. The Morgan fingerprint density at radius 2 is 1.97 bits per heavy atom. The van der Waals surface area contributed by atoms with Gasteiger partial charge in [-0.1, -0.05) is 18.6 Å². The topological polar surface area (TPSA) is 101 Å². The number of nitrogens with one attached hydrogen (secondary N) is 2. The molecule has 8 heteroatoms. The minimum atomic E-state index is -0.412. The molecule has 2 N–H and O–H groups in total. The van der Waals surface area contributed by atoms with Crippen molar-refractivity contribution in [3.8, 4) is 0 Å². The number of furan rings is 1. The van der Waals surface area contributed by atoms with Crippen LogP contribution in [0.3, 0.4) is 0 Å². The van der Waals surface area contributed by atoms with Crippen molar-refractivity contribution in [2.45, 2.75) is 38.1 Å². The van der Waals surface area contributed by atoms with E-state index in [4.69, 9.17) is 4.42 Å². The number of hydrogen-bond acceptors (Lipinski definition) is 6. The molecule has 0 saturated carbocycles. The summed E-state index contributed by atoms with van der Waals surface area (Å²) in [5.41, 5.74) is 0.515. The van der Waals surface area contributed by atoms with Gasteiger partial charge in [0.15, 0.2) is 0 Å². The van der Waals surface area contributed by atoms with Crippen LogP contribution in [0.25, 0.3) is 0 Å². The number of likely N-dealkylation sites (tertiary alicyclic amines) is 1. The molecular formula is C21H28N4O4. The number of rotatable bonds is 10. The van der Waals surface area contributed by atoms with Crippen LogP contribution in [0.4, 0.5) is 11.4 Å². The molecule has 0 unspecified atom stereocenters. The number of carbonyl (C=O) groups excluding carboxylic acids is 1. The molecule has 0 radical (unpaired) electrons. The van der Waals surface area contributed by atoms with E-state index in [1.165, 1.54) is 25.3 Å². The fourth-order valence-corrected chi connectivity index (χ4v) is 3.67. The molecule has 2 heterocycles. The van der Waals surface area contributed by atoms with E-state index in [-0.39, 0.29) is 17.6 Å². The summed E-state index contributed by atoms with van der Waals surface area (Å²) in [7, 11) is 0. The first-order valence-corrected chi connectivity index (χ1v) is 10.2. The Morgan fingerprint density at radius 3 is 2.69 bits per heavy atom. The van der Waals surface area contributed by atoms with E-state index in [1.54, 1.807) is 24.5 Å². The van der Waals surface area contributed by atoms with Crippen molar-refractivity contribution in [2.24, 2.45) is 0 Å². The molecule has 0 bridgehead atoms. The highest BCUT2D eigenvalue weighted by atomic mass is 16.6. The summed E-state index contributed by atoms with van der Waals surface area (Å²) in [5.74, 6) is 0.855. The molecule has 0 aliphatic carbocycles. The standard InChI is InChI=1S/C21H28N4O4/c26-21(11-6-12-22-17-8-2-3-9-18(17)25(27)28)23-16-19(20-10-7-15-29-20)24-13-4-1-5-14-24/h2-3,7-10,15,19,22H,1,4-6,11-14,16H2,(H,23,26)/t19-/m0/s1. The molecule has 8 nitrogen and oxygen atoms in total. The van der Waals surface area contributed by atoms with Gasteiger partial charge in [-0.3, -0.25) is 19.8 Å². The molecule has 156 valence electrons. The molecule has 3 rings (SSSR count). The lowest BCUT2D eigenvalue weighted by atomic mass is 10.1. The monoisotopic (exact) mass is 400 g/mol. The molecule has 1 aliphatic heterocycles. The summed E-state index contributed by atoms with van der Waals surface area (Å²) in [5, 5.41) is 17.1. The maximum Gasteiger partial charge on any atom is 0.292 e. The largest absolute Gasteiger partial charge is 0.468 e. The number of nitro groups is 1. The van der Waals surface area contributed by atoms with Gasteiger partial charge >= 0.3 is 0 Å². The second kappa shape index (κ2) is 10.6. The van der Waals surface area contributed by atoms with E-state index in [0.29, 0.717) is 31.6 Å². The van der Waals surface area contributed by atoms with E-state index < -0.39 is 4.92 Å². The SMILES string of the molecule is O=C(CCCNc1ccccc1[N+](=O)[O-])NC[C@@H](c1ccco1)N1CCCCC1. The fourth-order valence-electron chi connectivity index (χ4n) is 3.67. The van der Waals surface area contributed by atoms with E-state index >= 15 is 0 Å². The third-order valence-corrected chi connectivity index (χ3v) is 5.19. The molecule has 1 aromatic heterocycles. The molecule has 1 saturated heterocycles. The Kier molecular flexibility index (Phi) is 7.63. The van der Waals surface area contributed by atoms with Crippen molar-refractivity contribution in [1.82, 2.24) is 10.2 Å². The molecule has 1 amide bonds. The lowest BCUT2D eigenvalue weighted by Gasteiger charge is -2.33. The van der Waals surface area contributed by atoms with E-state index in [0.717, 1.165) is 18.8 Å². The summed E-state index contributed by atoms with van der Waals surface area (Å²) < 4.78 is 5.60. The Morgan fingerprint density at radius 1 is 1.17 bits per heavy atom. The molecule has 1 fully saturated rings. The van der Waals surface area contributed by atoms with Crippen molar-refractivity contribution in [3.63, 3.8) is 0 Å². The number of nitro benzene ring substituents is 1. The number of hydrogen-bond donors (Lipinski definition) is 2. The van der Waals surface area contributed by atoms with Crippen LogP contribution < -0.4 is 10.6 Å². The summed E-state index contributed by atoms with van der Waals surface area (Å²) in [6.45, 7) is 3.04. The minimum absolute atomic E-state index is 0.0251. The van der Waals surface area contributed by atoms with E-state index in [1.807, 2.05) is 12.1 Å². The summed E-state index contributed by atoms with van der Waals surface area (Å²) >= 11 is 0. The van der Waals surface area contributed by atoms with Crippen LogP contribution in [-0.4, -0.2) is 41.9 Å². The van der Waals surface area contributed by atoms with Gasteiger partial charge in [0, 0.05) is 25.6 Å². The predicted octanol–water partition coefficient (Wildman–Crippen LogP) is 3.72. The van der Waals surface area contributed by atoms with Crippen molar-refractivity contribution in [3.05, 3.63) is 58.5 Å². The smallest absolute Gasteiger partial charge is 0.292 e. The van der Waals surface area contributed by atoms with Crippen molar-refractivity contribution in [1.29, 1.82) is 0 Å². The minimum Gasteiger partial charge on any atom is -0.468 e. The number of anilines is 1. The average Bonchev–Trinajstić information content (AvgIpc) is 3.27. The highest BCUT2D eigenvalue weighted by Gasteiger charge is 2.24. The second-order valence-corrected chi connectivity index (χ2v) is 7.24. The van der Waals surface area contributed by atoms with Gasteiger partial charge in [-0.2, -0.15) is 0 Å². The van der Waals surface area contributed by atoms with Gasteiger partial charge in [-0.15, -0.1) is 0 Å². The number of para-hydroxylation sites is 2. The van der Waals surface area contributed by atoms with Crippen LogP contribution in [0, 0.1) is 10.1 Å². The number of nitrogens with zero attached hydrogens (tertiary/aromatic N) is 2. The van der Waals surface area contributed by atoms with Gasteiger partial charge in [-0.25, -0.2) is 0 Å². The number of piperidine rings is 1. The summed E-state index contributed by atoms with van der Waals surface area (Å²) in [6, 6.07) is 10.4. The lowest BCUT2D eigenvalue weighted by molar-refractivity contribution is -0.384. The van der Waals surface area contributed by atoms with Crippen LogP contribution in [0.15, 0.2) is 47.1 Å². The molecule has 2 aromatic rings. The Hall–Kier alpha value is -2.87. The zero-order valence-corrected chi connectivity index (χ0v) is 16.5. The molecule has 1 aromatic carbocycles. The second-order valence-electron chi connectivity index (χ2n) is 7.24. The molecule has 1 atom stereocenters. The van der Waals surface area contributed by atoms with Crippen LogP contribution in [0.5, 0.6) is 0 Å². The highest BCUT2D eigenvalue weighted by Crippen LogP contribution is 2.25. The first-order valence-electron chi connectivity index (χ1n) is 10.2. The normalized spacial score (nSPS) is 15.6. The summed E-state index contributed by atoms with van der Waals surface area (Å²) in [4.78, 5) is 25.3. The van der Waals surface area contributed by atoms with E-state index in [9.17, 15) is 14.9 Å². The summed E-state index contributed by atoms with van der Waals surface area (Å²) in [6.07, 6.45) is 6.21. The van der Waals surface area contributed by atoms with Crippen LogP contribution in [-0.2, 0) is 4.79 Å². The Labute approximate surface area is 170 Å². The Balaban J connectivity index is 1.43. The first-order chi connectivity index (χ1) is 14.1. The van der Waals surface area contributed by atoms with Crippen molar-refractivity contribution >= 4 is 17.3 Å². The maximum atomic E-state index is 12.3. The number of amides is 1. The van der Waals surface area contributed by atoms with Crippen LogP contribution >= 0.6 is 0 Å². The third kappa shape index (κ3) is 6.05. The molecule has 1 aliphatic rings. The van der Waals surface area contributed by atoms with Crippen LogP contribution in [0.1, 0.15) is 43.9 Å². The van der Waals surface area contributed by atoms with Crippen LogP contribution in [0.2, 0.25) is 0 Å². The first kappa shape index (κ1) is 20.9. The maximum absolute atomic E-state index is 12.3. The van der Waals surface area contributed by atoms with Gasteiger partial charge in [0.1, 0.15) is 11.4 Å². The molecule has 0 spiro atoms. The van der Waals surface area contributed by atoms with Gasteiger partial charge in [0.2, 0.25) is 5.91 Å². The van der Waals surface area contributed by atoms with E-state index in [2.05, 4.69) is 15.5 Å². The van der Waals surface area contributed by atoms with Gasteiger partial charge < -0.3 is 15.1 Å². The molecular weight excluding hydrogens is 372 g/mol. The quantitative estimate of drug-likeness (QED) is 0.358. The predicted molar refractivity (Wildman–Crippen MR) is 111 cm³/mol. The number of benzene rings is 1. The number of carbonyl (C=O) groups is 1. The van der Waals surface area contributed by atoms with Crippen molar-refractivity contribution < 1.29 is 14.1 Å². The lowest BCUT2D eigenvalue weighted by Crippen LogP contribution is -2.40. The third-order valence-electron chi connectivity index (χ3n) is 5.19. The highest BCUT2D eigenvalue weighted by molar-refractivity contribution is 5.76. The molecule has 29 heavy (non-hydrogen) atoms. The Bertz CT molecular complexity index is 788. The average molecular weight is 400 g/mol. The van der Waals surface area contributed by atoms with Gasteiger partial charge in [0.05, 0.1) is 17.2 Å².